The molecular weight excluding hydrogens is 283 g/mol. The molecule has 0 fully saturated rings. The first-order chi connectivity index (χ1) is 10.6. The molecule has 0 heterocycles. The van der Waals surface area contributed by atoms with E-state index in [0.29, 0.717) is 11.3 Å². The second-order valence-electron chi connectivity index (χ2n) is 4.52. The molecular formula is C17H13FN2O2. The van der Waals surface area contributed by atoms with Gasteiger partial charge in [0.15, 0.2) is 0 Å². The molecule has 2 rings (SSSR count). The van der Waals surface area contributed by atoms with Crippen molar-refractivity contribution in [1.29, 1.82) is 5.26 Å². The molecule has 5 heteroatoms. The summed E-state index contributed by atoms with van der Waals surface area (Å²) in [5.41, 5.74) is 6.33. The largest absolute Gasteiger partial charge is 0.489 e. The lowest BCUT2D eigenvalue weighted by molar-refractivity contribution is -0.114. The van der Waals surface area contributed by atoms with Gasteiger partial charge in [-0.3, -0.25) is 4.79 Å². The number of hydrogen-bond acceptors (Lipinski definition) is 3. The number of carbonyl (C=O) groups excluding carboxylic acids is 1. The molecule has 2 N–H and O–H groups in total. The molecule has 22 heavy (non-hydrogen) atoms. The zero-order chi connectivity index (χ0) is 15.9. The fourth-order valence-electron chi connectivity index (χ4n) is 1.78. The average Bonchev–Trinajstić information content (AvgIpc) is 2.51. The van der Waals surface area contributed by atoms with Crippen LogP contribution in [0.15, 0.2) is 54.1 Å². The normalized spacial score (nSPS) is 10.8. The minimum Gasteiger partial charge on any atom is -0.489 e. The lowest BCUT2D eigenvalue weighted by Gasteiger charge is -2.06. The highest BCUT2D eigenvalue weighted by Gasteiger charge is 2.03. The van der Waals surface area contributed by atoms with Crippen LogP contribution in [0.2, 0.25) is 0 Å². The van der Waals surface area contributed by atoms with Gasteiger partial charge in [-0.15, -0.1) is 0 Å². The van der Waals surface area contributed by atoms with Gasteiger partial charge in [-0.2, -0.15) is 5.26 Å². The van der Waals surface area contributed by atoms with Gasteiger partial charge in [-0.25, -0.2) is 4.39 Å². The minimum absolute atomic E-state index is 0.117. The summed E-state index contributed by atoms with van der Waals surface area (Å²) in [4.78, 5) is 11.0. The van der Waals surface area contributed by atoms with Crippen LogP contribution in [0, 0.1) is 17.1 Å². The molecule has 0 saturated carbocycles. The van der Waals surface area contributed by atoms with Crippen molar-refractivity contribution in [2.45, 2.75) is 6.61 Å². The number of carbonyl (C=O) groups is 1. The van der Waals surface area contributed by atoms with Crippen molar-refractivity contribution < 1.29 is 13.9 Å². The maximum atomic E-state index is 13.0. The Morgan fingerprint density at radius 2 is 2.00 bits per heavy atom. The second-order valence-corrected chi connectivity index (χ2v) is 4.52. The van der Waals surface area contributed by atoms with Gasteiger partial charge in [0.25, 0.3) is 5.91 Å². The van der Waals surface area contributed by atoms with E-state index in [1.807, 2.05) is 0 Å². The van der Waals surface area contributed by atoms with E-state index in [1.165, 1.54) is 18.2 Å². The van der Waals surface area contributed by atoms with Crippen LogP contribution in [0.5, 0.6) is 5.75 Å². The zero-order valence-corrected chi connectivity index (χ0v) is 11.6. The van der Waals surface area contributed by atoms with E-state index in [2.05, 4.69) is 0 Å². The molecule has 0 aliphatic heterocycles. The topological polar surface area (TPSA) is 76.1 Å². The third-order valence-corrected chi connectivity index (χ3v) is 2.87. The molecule has 0 aliphatic rings. The van der Waals surface area contributed by atoms with Crippen LogP contribution in [0.4, 0.5) is 4.39 Å². The predicted molar refractivity (Wildman–Crippen MR) is 80.0 cm³/mol. The fourth-order valence-corrected chi connectivity index (χ4v) is 1.78. The summed E-state index contributed by atoms with van der Waals surface area (Å²) < 4.78 is 18.6. The number of halogens is 1. The van der Waals surface area contributed by atoms with Gasteiger partial charge < -0.3 is 10.5 Å². The van der Waals surface area contributed by atoms with Crippen LogP contribution in [-0.2, 0) is 11.4 Å². The van der Waals surface area contributed by atoms with Crippen molar-refractivity contribution in [1.82, 2.24) is 0 Å². The third-order valence-electron chi connectivity index (χ3n) is 2.87. The molecule has 0 radical (unpaired) electrons. The lowest BCUT2D eigenvalue weighted by Crippen LogP contribution is -2.12. The monoisotopic (exact) mass is 296 g/mol. The predicted octanol–water partition coefficient (Wildman–Crippen LogP) is 2.80. The number of ether oxygens (including phenoxy) is 1. The smallest absolute Gasteiger partial charge is 0.259 e. The molecule has 0 spiro atoms. The summed E-state index contributed by atoms with van der Waals surface area (Å²) in [5, 5.41) is 8.77. The highest BCUT2D eigenvalue weighted by atomic mass is 19.1. The van der Waals surface area contributed by atoms with Crippen LogP contribution in [-0.4, -0.2) is 5.91 Å². The van der Waals surface area contributed by atoms with Crippen LogP contribution in [0.1, 0.15) is 11.1 Å². The highest BCUT2D eigenvalue weighted by molar-refractivity contribution is 6.00. The van der Waals surface area contributed by atoms with Gasteiger partial charge in [0.2, 0.25) is 0 Å². The SMILES string of the molecule is N#C/C(=C\c1ccc(OCc2cccc(F)c2)cc1)C(N)=O. The number of benzene rings is 2. The van der Waals surface area contributed by atoms with Gasteiger partial charge in [0, 0.05) is 0 Å². The number of nitrogens with zero attached hydrogens (tertiary/aromatic N) is 1. The fraction of sp³-hybridized carbons (Fsp3) is 0.0588. The maximum absolute atomic E-state index is 13.0. The summed E-state index contributed by atoms with van der Waals surface area (Å²) in [5.74, 6) is -0.481. The van der Waals surface area contributed by atoms with E-state index in [1.54, 1.807) is 42.5 Å². The Bertz CT molecular complexity index is 746. The Morgan fingerprint density at radius 1 is 1.27 bits per heavy atom. The molecule has 0 aromatic heterocycles. The first-order valence-electron chi connectivity index (χ1n) is 6.47. The zero-order valence-electron chi connectivity index (χ0n) is 11.6. The first-order valence-corrected chi connectivity index (χ1v) is 6.47. The summed E-state index contributed by atoms with van der Waals surface area (Å²) in [6.07, 6.45) is 1.40. The van der Waals surface area contributed by atoms with Crippen molar-refractivity contribution in [3.05, 3.63) is 71.0 Å². The van der Waals surface area contributed by atoms with Crippen LogP contribution < -0.4 is 10.5 Å². The van der Waals surface area contributed by atoms with Gasteiger partial charge in [-0.1, -0.05) is 24.3 Å². The minimum atomic E-state index is -0.770. The van der Waals surface area contributed by atoms with Crippen LogP contribution in [0.25, 0.3) is 6.08 Å². The Hall–Kier alpha value is -3.13. The van der Waals surface area contributed by atoms with Crippen molar-refractivity contribution in [3.63, 3.8) is 0 Å². The molecule has 2 aromatic carbocycles. The van der Waals surface area contributed by atoms with E-state index >= 15 is 0 Å². The third kappa shape index (κ3) is 4.18. The van der Waals surface area contributed by atoms with E-state index < -0.39 is 5.91 Å². The Balaban J connectivity index is 2.03. The Kier molecular flexibility index (Phi) is 4.89. The number of nitriles is 1. The molecule has 110 valence electrons. The molecule has 4 nitrogen and oxygen atoms in total. The molecule has 0 bridgehead atoms. The van der Waals surface area contributed by atoms with Crippen LogP contribution in [0.3, 0.4) is 0 Å². The number of nitrogens with two attached hydrogens (primary N) is 1. The number of hydrogen-bond donors (Lipinski definition) is 1. The molecule has 0 unspecified atom stereocenters. The summed E-state index contributed by atoms with van der Waals surface area (Å²) in [6.45, 7) is 0.248. The lowest BCUT2D eigenvalue weighted by atomic mass is 10.1. The van der Waals surface area contributed by atoms with Gasteiger partial charge in [-0.05, 0) is 41.5 Å². The summed E-state index contributed by atoms with van der Waals surface area (Å²) in [6, 6.07) is 14.7. The summed E-state index contributed by atoms with van der Waals surface area (Å²) in [7, 11) is 0. The quantitative estimate of drug-likeness (QED) is 0.681. The molecule has 0 aliphatic carbocycles. The Morgan fingerprint density at radius 3 is 2.59 bits per heavy atom. The van der Waals surface area contributed by atoms with Crippen molar-refractivity contribution in [3.8, 4) is 11.8 Å². The summed E-state index contributed by atoms with van der Waals surface area (Å²) >= 11 is 0. The van der Waals surface area contributed by atoms with Crippen LogP contribution >= 0.6 is 0 Å². The van der Waals surface area contributed by atoms with Gasteiger partial charge in [0.1, 0.15) is 29.8 Å². The van der Waals surface area contributed by atoms with E-state index in [9.17, 15) is 9.18 Å². The average molecular weight is 296 g/mol. The molecule has 1 amide bonds. The van der Waals surface area contributed by atoms with Crippen molar-refractivity contribution >= 4 is 12.0 Å². The molecule has 0 atom stereocenters. The van der Waals surface area contributed by atoms with Crippen molar-refractivity contribution in [2.75, 3.05) is 0 Å². The van der Waals surface area contributed by atoms with Crippen molar-refractivity contribution in [2.24, 2.45) is 5.73 Å². The molecule has 0 saturated heterocycles. The molecule has 2 aromatic rings. The standard InChI is InChI=1S/C17H13FN2O2/c18-15-3-1-2-13(9-15)11-22-16-6-4-12(5-7-16)8-14(10-19)17(20)21/h1-9H,11H2,(H2,20,21)/b14-8+. The van der Waals surface area contributed by atoms with E-state index in [0.717, 1.165) is 5.56 Å². The number of amides is 1. The number of rotatable bonds is 5. The van der Waals surface area contributed by atoms with Gasteiger partial charge in [0.05, 0.1) is 0 Å². The van der Waals surface area contributed by atoms with E-state index in [-0.39, 0.29) is 18.0 Å². The Labute approximate surface area is 127 Å². The maximum Gasteiger partial charge on any atom is 0.259 e. The van der Waals surface area contributed by atoms with E-state index in [4.69, 9.17) is 15.7 Å². The first kappa shape index (κ1) is 15.3. The van der Waals surface area contributed by atoms with Gasteiger partial charge >= 0.3 is 0 Å². The number of primary amides is 1. The highest BCUT2D eigenvalue weighted by Crippen LogP contribution is 2.16. The second kappa shape index (κ2) is 7.04.